The molecule has 2 atom stereocenters. The molecule has 1 aromatic carbocycles. The minimum atomic E-state index is 0.512. The molecule has 2 unspecified atom stereocenters. The van der Waals surface area contributed by atoms with Gasteiger partial charge in [-0.3, -0.25) is 9.88 Å². The number of pyridine rings is 1. The summed E-state index contributed by atoms with van der Waals surface area (Å²) < 4.78 is 0. The number of hydrogen-bond acceptors (Lipinski definition) is 3. The predicted molar refractivity (Wildman–Crippen MR) is 83.4 cm³/mol. The Hall–Kier alpha value is -1.45. The fourth-order valence-corrected chi connectivity index (χ4v) is 3.37. The number of rotatable bonds is 3. The van der Waals surface area contributed by atoms with E-state index in [1.54, 1.807) is 0 Å². The highest BCUT2D eigenvalue weighted by Crippen LogP contribution is 2.26. The lowest BCUT2D eigenvalue weighted by Crippen LogP contribution is -2.48. The third-order valence-corrected chi connectivity index (χ3v) is 4.54. The van der Waals surface area contributed by atoms with E-state index in [0.717, 1.165) is 18.6 Å². The molecule has 1 aliphatic heterocycles. The van der Waals surface area contributed by atoms with Crippen molar-refractivity contribution < 1.29 is 0 Å². The maximum atomic E-state index is 5.96. The summed E-state index contributed by atoms with van der Waals surface area (Å²) in [7, 11) is 0. The van der Waals surface area contributed by atoms with Gasteiger partial charge in [-0.1, -0.05) is 30.7 Å². The van der Waals surface area contributed by atoms with Crippen LogP contribution in [-0.2, 0) is 6.54 Å². The van der Waals surface area contributed by atoms with Gasteiger partial charge in [-0.2, -0.15) is 0 Å². The summed E-state index contributed by atoms with van der Waals surface area (Å²) in [5.41, 5.74) is 8.41. The largest absolute Gasteiger partial charge is 0.329 e. The molecule has 0 bridgehead atoms. The van der Waals surface area contributed by atoms with Crippen molar-refractivity contribution in [3.05, 3.63) is 42.1 Å². The third kappa shape index (κ3) is 2.56. The van der Waals surface area contributed by atoms with Gasteiger partial charge in [0.2, 0.25) is 0 Å². The van der Waals surface area contributed by atoms with Crippen molar-refractivity contribution in [3.63, 3.8) is 0 Å². The van der Waals surface area contributed by atoms with Crippen LogP contribution in [0.4, 0.5) is 0 Å². The molecule has 0 saturated carbocycles. The van der Waals surface area contributed by atoms with E-state index in [0.29, 0.717) is 12.1 Å². The molecule has 1 fully saturated rings. The molecule has 0 spiro atoms. The van der Waals surface area contributed by atoms with Crippen molar-refractivity contribution in [1.29, 1.82) is 0 Å². The molecule has 2 heterocycles. The fraction of sp³-hybridized carbons (Fsp3) is 0.471. The van der Waals surface area contributed by atoms with Crippen molar-refractivity contribution in [2.24, 2.45) is 5.73 Å². The molecule has 1 saturated heterocycles. The van der Waals surface area contributed by atoms with Crippen molar-refractivity contribution in [1.82, 2.24) is 9.88 Å². The Kier molecular flexibility index (Phi) is 3.99. The minimum Gasteiger partial charge on any atom is -0.329 e. The van der Waals surface area contributed by atoms with Crippen LogP contribution < -0.4 is 5.73 Å². The molecule has 2 aromatic rings. The van der Waals surface area contributed by atoms with Crippen LogP contribution in [0.2, 0.25) is 0 Å². The number of nitrogens with zero attached hydrogens (tertiary/aromatic N) is 2. The van der Waals surface area contributed by atoms with Crippen LogP contribution in [0.15, 0.2) is 36.5 Å². The average molecular weight is 269 g/mol. The van der Waals surface area contributed by atoms with Crippen LogP contribution in [0, 0.1) is 0 Å². The van der Waals surface area contributed by atoms with Crippen LogP contribution >= 0.6 is 0 Å². The molecule has 106 valence electrons. The van der Waals surface area contributed by atoms with Gasteiger partial charge in [0.15, 0.2) is 0 Å². The first kappa shape index (κ1) is 13.5. The predicted octanol–water partition coefficient (Wildman–Crippen LogP) is 2.94. The highest BCUT2D eigenvalue weighted by atomic mass is 15.2. The summed E-state index contributed by atoms with van der Waals surface area (Å²) in [6, 6.07) is 11.7. The quantitative estimate of drug-likeness (QED) is 0.931. The Morgan fingerprint density at radius 3 is 2.95 bits per heavy atom. The van der Waals surface area contributed by atoms with E-state index in [9.17, 15) is 0 Å². The minimum absolute atomic E-state index is 0.512. The highest BCUT2D eigenvalue weighted by molar-refractivity contribution is 5.81. The number of benzene rings is 1. The molecule has 0 aliphatic carbocycles. The number of fused-ring (bicyclic) bond motifs is 1. The van der Waals surface area contributed by atoms with Gasteiger partial charge in [0, 0.05) is 36.8 Å². The van der Waals surface area contributed by atoms with E-state index in [1.165, 1.54) is 30.2 Å². The monoisotopic (exact) mass is 269 g/mol. The summed E-state index contributed by atoms with van der Waals surface area (Å²) in [4.78, 5) is 7.13. The normalized spacial score (nSPS) is 24.1. The Labute approximate surface area is 120 Å². The SMILES string of the molecule is CC1CCCC(CN)N1Cc1cccc2cccnc12. The second-order valence-corrected chi connectivity index (χ2v) is 5.83. The zero-order chi connectivity index (χ0) is 13.9. The lowest BCUT2D eigenvalue weighted by molar-refractivity contribution is 0.0896. The van der Waals surface area contributed by atoms with Gasteiger partial charge in [-0.15, -0.1) is 0 Å². The van der Waals surface area contributed by atoms with E-state index >= 15 is 0 Å². The van der Waals surface area contributed by atoms with Crippen LogP contribution in [0.25, 0.3) is 10.9 Å². The summed E-state index contributed by atoms with van der Waals surface area (Å²) in [6.45, 7) is 4.03. The molecule has 1 aromatic heterocycles. The number of piperidine rings is 1. The van der Waals surface area contributed by atoms with E-state index in [1.807, 2.05) is 12.3 Å². The summed E-state index contributed by atoms with van der Waals surface area (Å²) >= 11 is 0. The first-order valence-corrected chi connectivity index (χ1v) is 7.58. The Morgan fingerprint density at radius 1 is 1.25 bits per heavy atom. The number of para-hydroxylation sites is 1. The van der Waals surface area contributed by atoms with Gasteiger partial charge in [-0.25, -0.2) is 0 Å². The van der Waals surface area contributed by atoms with E-state index in [-0.39, 0.29) is 0 Å². The third-order valence-electron chi connectivity index (χ3n) is 4.54. The molecule has 3 nitrogen and oxygen atoms in total. The molecular formula is C17H23N3. The highest BCUT2D eigenvalue weighted by Gasteiger charge is 2.27. The van der Waals surface area contributed by atoms with Gasteiger partial charge in [-0.05, 0) is 31.4 Å². The van der Waals surface area contributed by atoms with Crippen molar-refractivity contribution in [3.8, 4) is 0 Å². The molecule has 0 amide bonds. The average Bonchev–Trinajstić information content (AvgIpc) is 2.49. The molecule has 0 radical (unpaired) electrons. The lowest BCUT2D eigenvalue weighted by Gasteiger charge is -2.40. The van der Waals surface area contributed by atoms with Gasteiger partial charge >= 0.3 is 0 Å². The second kappa shape index (κ2) is 5.90. The number of likely N-dealkylation sites (tertiary alicyclic amines) is 1. The Bertz CT molecular complexity index is 576. The topological polar surface area (TPSA) is 42.1 Å². The van der Waals surface area contributed by atoms with Crippen molar-refractivity contribution >= 4 is 10.9 Å². The first-order valence-electron chi connectivity index (χ1n) is 7.58. The van der Waals surface area contributed by atoms with E-state index < -0.39 is 0 Å². The standard InChI is InChI=1S/C17H23N3/c1-13-5-2-9-16(11-18)20(13)12-15-7-3-6-14-8-4-10-19-17(14)15/h3-4,6-8,10,13,16H,2,5,9,11-12,18H2,1H3. The maximum absolute atomic E-state index is 5.96. The van der Waals surface area contributed by atoms with Crippen LogP contribution in [0.5, 0.6) is 0 Å². The summed E-state index contributed by atoms with van der Waals surface area (Å²) in [5, 5.41) is 1.22. The lowest BCUT2D eigenvalue weighted by atomic mass is 9.95. The fourth-order valence-electron chi connectivity index (χ4n) is 3.37. The first-order chi connectivity index (χ1) is 9.79. The summed E-state index contributed by atoms with van der Waals surface area (Å²) in [5.74, 6) is 0. The van der Waals surface area contributed by atoms with Crippen molar-refractivity contribution in [2.45, 2.75) is 44.8 Å². The van der Waals surface area contributed by atoms with Crippen LogP contribution in [0.1, 0.15) is 31.7 Å². The maximum Gasteiger partial charge on any atom is 0.0746 e. The van der Waals surface area contributed by atoms with Gasteiger partial charge in [0.1, 0.15) is 0 Å². The second-order valence-electron chi connectivity index (χ2n) is 5.83. The molecule has 2 N–H and O–H groups in total. The van der Waals surface area contributed by atoms with Crippen LogP contribution in [-0.4, -0.2) is 28.5 Å². The molecule has 1 aliphatic rings. The number of aromatic nitrogens is 1. The number of nitrogens with two attached hydrogens (primary N) is 1. The summed E-state index contributed by atoms with van der Waals surface area (Å²) in [6.07, 6.45) is 5.67. The Balaban J connectivity index is 1.91. The molecule has 3 heteroatoms. The van der Waals surface area contributed by atoms with Gasteiger partial charge < -0.3 is 5.73 Å². The smallest absolute Gasteiger partial charge is 0.0746 e. The molecule has 20 heavy (non-hydrogen) atoms. The van der Waals surface area contributed by atoms with E-state index in [4.69, 9.17) is 5.73 Å². The van der Waals surface area contributed by atoms with E-state index in [2.05, 4.69) is 41.1 Å². The zero-order valence-corrected chi connectivity index (χ0v) is 12.1. The molecule has 3 rings (SSSR count). The number of hydrogen-bond donors (Lipinski definition) is 1. The molecular weight excluding hydrogens is 246 g/mol. The van der Waals surface area contributed by atoms with Gasteiger partial charge in [0.05, 0.1) is 5.52 Å². The van der Waals surface area contributed by atoms with Crippen molar-refractivity contribution in [2.75, 3.05) is 6.54 Å². The van der Waals surface area contributed by atoms with Gasteiger partial charge in [0.25, 0.3) is 0 Å². The Morgan fingerprint density at radius 2 is 2.10 bits per heavy atom. The zero-order valence-electron chi connectivity index (χ0n) is 12.1. The van der Waals surface area contributed by atoms with Crippen LogP contribution in [0.3, 0.4) is 0 Å².